The zero-order chi connectivity index (χ0) is 14.2. The minimum atomic E-state index is 1.11. The second-order valence-electron chi connectivity index (χ2n) is 6.57. The Morgan fingerprint density at radius 2 is 0.842 bits per heavy atom. The van der Waals surface area contributed by atoms with Gasteiger partial charge in [0.25, 0.3) is 0 Å². The molecule has 0 aliphatic heterocycles. The van der Waals surface area contributed by atoms with E-state index in [1.807, 2.05) is 0 Å². The first kappa shape index (κ1) is 20.0. The molecule has 0 radical (unpaired) electrons. The standard InChI is InChI=1S/C18H37.Na/c1-3-5-7-9-11-13-15-17-18-16-14-12-10-8-6-4-2;/h13H,3-12,14-18H2,1-2H3;. The fourth-order valence-electron chi connectivity index (χ4n) is 2.87. The van der Waals surface area contributed by atoms with Crippen LogP contribution in [0.1, 0.15) is 110 Å². The zero-order valence-electron chi connectivity index (χ0n) is 14.2. The number of hydrogen-bond donors (Lipinski definition) is 0. The maximum absolute atomic E-state index is 2.31. The van der Waals surface area contributed by atoms with E-state index in [1.165, 1.54) is 124 Å². The van der Waals surface area contributed by atoms with Crippen molar-refractivity contribution < 1.29 is 0 Å². The van der Waals surface area contributed by atoms with Gasteiger partial charge < -0.3 is 0 Å². The van der Waals surface area contributed by atoms with Gasteiger partial charge in [-0.25, -0.2) is 0 Å². The second kappa shape index (κ2) is 17.1. The summed E-state index contributed by atoms with van der Waals surface area (Å²) >= 11 is 1.43. The maximum atomic E-state index is 2.31. The van der Waals surface area contributed by atoms with E-state index in [0.29, 0.717) is 0 Å². The Kier molecular flexibility index (Phi) is 18.0. The third kappa shape index (κ3) is 16.9. The molecule has 0 aromatic heterocycles. The molecule has 0 spiro atoms. The number of unbranched alkanes of at least 4 members (excludes halogenated alkanes) is 11. The molecule has 0 nitrogen and oxygen atoms in total. The van der Waals surface area contributed by atoms with Gasteiger partial charge >= 0.3 is 141 Å². The van der Waals surface area contributed by atoms with Crippen LogP contribution in [0.4, 0.5) is 0 Å². The summed E-state index contributed by atoms with van der Waals surface area (Å²) in [5.41, 5.74) is 0. The molecule has 0 N–H and O–H groups in total. The van der Waals surface area contributed by atoms with Gasteiger partial charge in [0.1, 0.15) is 0 Å². The quantitative estimate of drug-likeness (QED) is 0.227. The average molecular weight is 276 g/mol. The van der Waals surface area contributed by atoms with Gasteiger partial charge in [0, 0.05) is 0 Å². The van der Waals surface area contributed by atoms with Crippen molar-refractivity contribution >= 4 is 27.9 Å². The van der Waals surface area contributed by atoms with Crippen molar-refractivity contribution in [2.45, 2.75) is 113 Å². The molecule has 0 aromatic rings. The Hall–Kier alpha value is 1.00. The summed E-state index contributed by atoms with van der Waals surface area (Å²) < 4.78 is 1.11. The first-order valence-corrected chi connectivity index (χ1v) is 10.5. The molecular formula is C18H37Na. The van der Waals surface area contributed by atoms with Crippen molar-refractivity contribution in [1.29, 1.82) is 0 Å². The van der Waals surface area contributed by atoms with Crippen LogP contribution in [0.25, 0.3) is 0 Å². The van der Waals surface area contributed by atoms with Gasteiger partial charge in [0.05, 0.1) is 0 Å². The molecule has 0 amide bonds. The summed E-state index contributed by atoms with van der Waals surface area (Å²) in [6.07, 6.45) is 22.1. The Bertz CT molecular complexity index is 156. The molecule has 0 rings (SSSR count). The van der Waals surface area contributed by atoms with E-state index in [4.69, 9.17) is 0 Å². The molecule has 0 bridgehead atoms. The molecule has 0 saturated carbocycles. The van der Waals surface area contributed by atoms with Crippen molar-refractivity contribution in [3.63, 3.8) is 0 Å². The van der Waals surface area contributed by atoms with E-state index in [2.05, 4.69) is 13.8 Å². The van der Waals surface area contributed by atoms with Crippen LogP contribution >= 0.6 is 0 Å². The van der Waals surface area contributed by atoms with Crippen molar-refractivity contribution in [3.8, 4) is 0 Å². The van der Waals surface area contributed by atoms with Gasteiger partial charge in [-0.1, -0.05) is 0 Å². The van der Waals surface area contributed by atoms with Gasteiger partial charge in [-0.15, -0.1) is 0 Å². The summed E-state index contributed by atoms with van der Waals surface area (Å²) in [7, 11) is 0. The summed E-state index contributed by atoms with van der Waals surface area (Å²) in [6, 6.07) is 0. The zero-order valence-corrected chi connectivity index (χ0v) is 16.2. The molecule has 0 fully saturated rings. The summed E-state index contributed by atoms with van der Waals surface area (Å²) in [5, 5.41) is 0. The molecule has 0 saturated heterocycles. The van der Waals surface area contributed by atoms with Crippen LogP contribution in [0.5, 0.6) is 0 Å². The summed E-state index contributed by atoms with van der Waals surface area (Å²) in [5.74, 6) is 0. The predicted octanol–water partition coefficient (Wildman–Crippen LogP) is 6.83. The van der Waals surface area contributed by atoms with Crippen LogP contribution in [0.2, 0.25) is 3.17 Å². The molecule has 0 heterocycles. The molecule has 1 heteroatoms. The normalized spacial score (nSPS) is 12.8. The fourth-order valence-corrected chi connectivity index (χ4v) is 3.68. The number of hydrogen-bond acceptors (Lipinski definition) is 0. The van der Waals surface area contributed by atoms with Crippen LogP contribution in [0.3, 0.4) is 0 Å². The first-order chi connectivity index (χ1) is 9.31. The minimum absolute atomic E-state index is 1.11. The van der Waals surface area contributed by atoms with E-state index in [0.717, 1.165) is 3.17 Å². The van der Waals surface area contributed by atoms with Gasteiger partial charge in [-0.3, -0.25) is 0 Å². The Labute approximate surface area is 140 Å². The van der Waals surface area contributed by atoms with Crippen molar-refractivity contribution in [2.24, 2.45) is 0 Å². The van der Waals surface area contributed by atoms with E-state index < -0.39 is 0 Å². The molecule has 1 unspecified atom stereocenters. The van der Waals surface area contributed by atoms with Crippen LogP contribution in [-0.4, -0.2) is 27.9 Å². The first-order valence-electron chi connectivity index (χ1n) is 9.31. The van der Waals surface area contributed by atoms with Crippen LogP contribution in [0.15, 0.2) is 0 Å². The second-order valence-corrected chi connectivity index (χ2v) is 8.20. The monoisotopic (exact) mass is 276 g/mol. The van der Waals surface area contributed by atoms with Crippen LogP contribution in [0, 0.1) is 0 Å². The third-order valence-electron chi connectivity index (χ3n) is 4.35. The molecule has 0 aromatic carbocycles. The van der Waals surface area contributed by atoms with Crippen LogP contribution in [-0.2, 0) is 0 Å². The van der Waals surface area contributed by atoms with Gasteiger partial charge in [-0.2, -0.15) is 0 Å². The van der Waals surface area contributed by atoms with Crippen molar-refractivity contribution in [1.82, 2.24) is 0 Å². The summed E-state index contributed by atoms with van der Waals surface area (Å²) in [4.78, 5) is 0. The average Bonchev–Trinajstić information content (AvgIpc) is 2.42. The molecule has 0 aliphatic rings. The van der Waals surface area contributed by atoms with E-state index in [9.17, 15) is 0 Å². The van der Waals surface area contributed by atoms with Gasteiger partial charge in [0.2, 0.25) is 0 Å². The molecule has 0 aliphatic carbocycles. The van der Waals surface area contributed by atoms with Gasteiger partial charge in [0.15, 0.2) is 0 Å². The predicted molar refractivity (Wildman–Crippen MR) is 90.1 cm³/mol. The Morgan fingerprint density at radius 3 is 1.26 bits per heavy atom. The van der Waals surface area contributed by atoms with Crippen molar-refractivity contribution in [2.75, 3.05) is 0 Å². The topological polar surface area (TPSA) is 0 Å². The van der Waals surface area contributed by atoms with E-state index in [1.54, 1.807) is 0 Å². The third-order valence-corrected chi connectivity index (χ3v) is 5.51. The molecule has 110 valence electrons. The Balaban J connectivity index is 3.07. The van der Waals surface area contributed by atoms with E-state index in [-0.39, 0.29) is 0 Å². The van der Waals surface area contributed by atoms with Crippen molar-refractivity contribution in [3.05, 3.63) is 0 Å². The Morgan fingerprint density at radius 1 is 0.526 bits per heavy atom. The van der Waals surface area contributed by atoms with Gasteiger partial charge in [-0.05, 0) is 0 Å². The van der Waals surface area contributed by atoms with E-state index >= 15 is 0 Å². The summed E-state index contributed by atoms with van der Waals surface area (Å²) in [6.45, 7) is 4.60. The van der Waals surface area contributed by atoms with Crippen LogP contribution < -0.4 is 0 Å². The fraction of sp³-hybridized carbons (Fsp3) is 1.00. The molecular weight excluding hydrogens is 239 g/mol. The SMILES string of the molecule is CCCCCCCCCCC[CH]([Na])CCCCCC. The molecule has 19 heavy (non-hydrogen) atoms. The number of rotatable bonds is 15. The molecule has 1 atom stereocenters.